The first kappa shape index (κ1) is 8.48. The Morgan fingerprint density at radius 3 is 2.25 bits per heavy atom. The molecule has 0 rings (SSSR count). The molecule has 0 saturated heterocycles. The van der Waals surface area contributed by atoms with E-state index in [1.54, 1.807) is 6.92 Å². The lowest BCUT2D eigenvalue weighted by molar-refractivity contribution is 0.270. The fourth-order valence-corrected chi connectivity index (χ4v) is 0.793. The first-order chi connectivity index (χ1) is 3.50. The highest BCUT2D eigenvalue weighted by Crippen LogP contribution is 2.54. The fraction of sp³-hybridized carbons (Fsp3) is 1.00. The predicted octanol–water partition coefficient (Wildman–Crippen LogP) is 1.86. The minimum absolute atomic E-state index is 0.353. The maximum absolute atomic E-state index is 10.8. The van der Waals surface area contributed by atoms with Crippen LogP contribution in [0.15, 0.2) is 0 Å². The van der Waals surface area contributed by atoms with Crippen LogP contribution in [0.2, 0.25) is 0 Å². The van der Waals surface area contributed by atoms with Crippen LogP contribution in [0.5, 0.6) is 0 Å². The van der Waals surface area contributed by atoms with Crippen molar-refractivity contribution in [1.82, 2.24) is 0 Å². The molecule has 4 heteroatoms. The molecular weight excluding hydrogens is 146 g/mol. The minimum Gasteiger partial charge on any atom is -0.384 e. The Kier molecular flexibility index (Phi) is 3.03. The zero-order chi connectivity index (χ0) is 6.78. The van der Waals surface area contributed by atoms with Gasteiger partial charge in [-0.2, -0.15) is 0 Å². The third-order valence-corrected chi connectivity index (χ3v) is 4.53. The average molecular weight is 157 g/mol. The summed E-state index contributed by atoms with van der Waals surface area (Å²) in [7, 11) is 0. The summed E-state index contributed by atoms with van der Waals surface area (Å²) in [4.78, 5) is 0. The maximum atomic E-state index is 10.8. The van der Waals surface area contributed by atoms with E-state index >= 15 is 0 Å². The van der Waals surface area contributed by atoms with Gasteiger partial charge in [-0.3, -0.25) is 0 Å². The zero-order valence-electron chi connectivity index (χ0n) is 4.97. The minimum atomic E-state index is -2.72. The molecule has 0 aliphatic rings. The summed E-state index contributed by atoms with van der Waals surface area (Å²) in [5.41, 5.74) is 0. The number of halogens is 1. The lowest BCUT2D eigenvalue weighted by Gasteiger charge is -2.08. The molecule has 50 valence electrons. The molecule has 0 heterocycles. The molecule has 2 atom stereocenters. The molecule has 0 aliphatic carbocycles. The average Bonchev–Trinajstić information content (AvgIpc) is 1.67. The van der Waals surface area contributed by atoms with Crippen LogP contribution in [0.4, 0.5) is 0 Å². The van der Waals surface area contributed by atoms with Gasteiger partial charge in [0.2, 0.25) is 0 Å². The standard InChI is InChI=1S/C4H10ClO2P/c1-3-8(5,7)4(2)6/h4,6H,3H2,1-2H3. The number of aliphatic hydroxyl groups is 1. The van der Waals surface area contributed by atoms with Crippen molar-refractivity contribution in [3.63, 3.8) is 0 Å². The second-order valence-corrected chi connectivity index (χ2v) is 6.15. The first-order valence-electron chi connectivity index (χ1n) is 2.47. The maximum Gasteiger partial charge on any atom is 0.195 e. The molecular formula is C4H10ClO2P. The van der Waals surface area contributed by atoms with Crippen molar-refractivity contribution < 1.29 is 9.67 Å². The molecule has 1 N–H and O–H groups in total. The Hall–Kier alpha value is 0.480. The van der Waals surface area contributed by atoms with Gasteiger partial charge in [0.15, 0.2) is 6.49 Å². The van der Waals surface area contributed by atoms with Gasteiger partial charge in [-0.15, -0.1) is 0 Å². The Labute approximate surface area is 54.0 Å². The summed E-state index contributed by atoms with van der Waals surface area (Å²) >= 11 is 5.36. The van der Waals surface area contributed by atoms with Gasteiger partial charge < -0.3 is 9.67 Å². The van der Waals surface area contributed by atoms with Crippen LogP contribution in [0, 0.1) is 0 Å². The third kappa shape index (κ3) is 2.17. The Bertz CT molecular complexity index is 113. The molecule has 0 amide bonds. The molecule has 8 heavy (non-hydrogen) atoms. The molecule has 0 aliphatic heterocycles. The molecule has 2 nitrogen and oxygen atoms in total. The van der Waals surface area contributed by atoms with Crippen LogP contribution in [0.1, 0.15) is 13.8 Å². The highest BCUT2D eigenvalue weighted by atomic mass is 35.7. The highest BCUT2D eigenvalue weighted by Gasteiger charge is 2.21. The quantitative estimate of drug-likeness (QED) is 0.620. The van der Waals surface area contributed by atoms with E-state index in [0.29, 0.717) is 6.16 Å². The molecule has 0 aromatic rings. The number of aliphatic hydroxyl groups excluding tert-OH is 1. The molecule has 0 fully saturated rings. The molecule has 0 spiro atoms. The van der Waals surface area contributed by atoms with Gasteiger partial charge in [-0.25, -0.2) is 0 Å². The van der Waals surface area contributed by atoms with Crippen molar-refractivity contribution in [2.45, 2.75) is 19.7 Å². The Morgan fingerprint density at radius 2 is 2.25 bits per heavy atom. The van der Waals surface area contributed by atoms with Gasteiger partial charge >= 0.3 is 0 Å². The van der Waals surface area contributed by atoms with Crippen LogP contribution >= 0.6 is 17.7 Å². The van der Waals surface area contributed by atoms with Crippen molar-refractivity contribution in [2.24, 2.45) is 0 Å². The number of rotatable bonds is 2. The van der Waals surface area contributed by atoms with Crippen LogP contribution in [-0.4, -0.2) is 17.1 Å². The van der Waals surface area contributed by atoms with Crippen molar-refractivity contribution >= 4 is 17.7 Å². The van der Waals surface area contributed by atoms with E-state index < -0.39 is 12.3 Å². The fourth-order valence-electron chi connectivity index (χ4n) is 0.264. The second kappa shape index (κ2) is 2.86. The Morgan fingerprint density at radius 1 is 1.88 bits per heavy atom. The SMILES string of the molecule is CCP(=O)(Cl)C(C)O. The van der Waals surface area contributed by atoms with Crippen LogP contribution in [0.3, 0.4) is 0 Å². The number of hydrogen-bond donors (Lipinski definition) is 1. The summed E-state index contributed by atoms with van der Waals surface area (Å²) in [5.74, 6) is -0.867. The molecule has 0 aromatic heterocycles. The summed E-state index contributed by atoms with van der Waals surface area (Å²) in [6, 6.07) is 0. The molecule has 2 unspecified atom stereocenters. The third-order valence-electron chi connectivity index (χ3n) is 0.989. The van der Waals surface area contributed by atoms with E-state index in [1.807, 2.05) is 0 Å². The first-order valence-corrected chi connectivity index (χ1v) is 5.33. The van der Waals surface area contributed by atoms with E-state index in [9.17, 15) is 4.57 Å². The smallest absolute Gasteiger partial charge is 0.195 e. The summed E-state index contributed by atoms with van der Waals surface area (Å²) in [6.45, 7) is 0.419. The molecule has 0 saturated carbocycles. The van der Waals surface area contributed by atoms with Crippen LogP contribution in [-0.2, 0) is 4.57 Å². The lowest BCUT2D eigenvalue weighted by Crippen LogP contribution is -1.97. The van der Waals surface area contributed by atoms with Gasteiger partial charge in [0, 0.05) is 6.16 Å². The van der Waals surface area contributed by atoms with Gasteiger partial charge in [0.25, 0.3) is 0 Å². The van der Waals surface area contributed by atoms with Gasteiger partial charge in [0.05, 0.1) is 0 Å². The van der Waals surface area contributed by atoms with Crippen molar-refractivity contribution in [3.05, 3.63) is 0 Å². The largest absolute Gasteiger partial charge is 0.384 e. The van der Waals surface area contributed by atoms with Crippen LogP contribution in [0.25, 0.3) is 0 Å². The number of hydrogen-bond acceptors (Lipinski definition) is 2. The highest BCUT2D eigenvalue weighted by molar-refractivity contribution is 7.89. The summed E-state index contributed by atoms with van der Waals surface area (Å²) in [5, 5.41) is 8.69. The van der Waals surface area contributed by atoms with E-state index in [2.05, 4.69) is 0 Å². The topological polar surface area (TPSA) is 37.3 Å². The zero-order valence-corrected chi connectivity index (χ0v) is 6.62. The summed E-state index contributed by atoms with van der Waals surface area (Å²) in [6.07, 6.45) is 0.353. The molecule has 0 bridgehead atoms. The van der Waals surface area contributed by atoms with Crippen molar-refractivity contribution in [2.75, 3.05) is 6.16 Å². The normalized spacial score (nSPS) is 22.0. The van der Waals surface area contributed by atoms with Gasteiger partial charge in [-0.1, -0.05) is 18.2 Å². The summed E-state index contributed by atoms with van der Waals surface area (Å²) < 4.78 is 10.8. The van der Waals surface area contributed by atoms with Crippen molar-refractivity contribution in [1.29, 1.82) is 0 Å². The monoisotopic (exact) mass is 156 g/mol. The molecule has 0 radical (unpaired) electrons. The van der Waals surface area contributed by atoms with Gasteiger partial charge in [-0.05, 0) is 6.92 Å². The van der Waals surface area contributed by atoms with E-state index in [-0.39, 0.29) is 0 Å². The van der Waals surface area contributed by atoms with E-state index in [4.69, 9.17) is 16.3 Å². The van der Waals surface area contributed by atoms with E-state index in [0.717, 1.165) is 0 Å². The lowest BCUT2D eigenvalue weighted by atomic mass is 10.9. The molecule has 0 aromatic carbocycles. The predicted molar refractivity (Wildman–Crippen MR) is 35.7 cm³/mol. The Balaban J connectivity index is 3.93. The van der Waals surface area contributed by atoms with Gasteiger partial charge in [0.1, 0.15) is 5.85 Å². The van der Waals surface area contributed by atoms with E-state index in [1.165, 1.54) is 6.92 Å². The van der Waals surface area contributed by atoms with Crippen molar-refractivity contribution in [3.8, 4) is 0 Å². The second-order valence-electron chi connectivity index (χ2n) is 1.65. The van der Waals surface area contributed by atoms with Crippen LogP contribution < -0.4 is 0 Å².